The predicted octanol–water partition coefficient (Wildman–Crippen LogP) is 1.06. The van der Waals surface area contributed by atoms with Crippen LogP contribution in [0.2, 0.25) is 0 Å². The van der Waals surface area contributed by atoms with E-state index in [2.05, 4.69) is 37.1 Å². The van der Waals surface area contributed by atoms with E-state index in [1.165, 1.54) is 12.3 Å². The summed E-state index contributed by atoms with van der Waals surface area (Å²) in [6.07, 6.45) is 3.21. The first-order valence-corrected chi connectivity index (χ1v) is 9.36. The molecule has 1 aromatic carbocycles. The lowest BCUT2D eigenvalue weighted by Crippen LogP contribution is -2.33. The molecule has 0 aliphatic carbocycles. The number of rotatable bonds is 9. The number of carboxylic acids is 1. The first-order chi connectivity index (χ1) is 14.9. The minimum absolute atomic E-state index is 0.0249. The minimum atomic E-state index is -0.933. The largest absolute Gasteiger partial charge is 0.481 e. The van der Waals surface area contributed by atoms with E-state index in [0.29, 0.717) is 17.8 Å². The van der Waals surface area contributed by atoms with E-state index in [1.807, 2.05) is 0 Å². The number of nitrogens with one attached hydrogen (secondary N) is 3. The lowest BCUT2D eigenvalue weighted by atomic mass is 10.1. The molecule has 2 heterocycles. The van der Waals surface area contributed by atoms with Gasteiger partial charge in [0.1, 0.15) is 0 Å². The summed E-state index contributed by atoms with van der Waals surface area (Å²) in [5.41, 5.74) is 6.97. The quantitative estimate of drug-likeness (QED) is 0.315. The number of aromatic nitrogens is 4. The molecule has 3 rings (SSSR count). The first-order valence-electron chi connectivity index (χ1n) is 9.36. The van der Waals surface area contributed by atoms with Crippen LogP contribution >= 0.6 is 0 Å². The molecule has 0 radical (unpaired) electrons. The van der Waals surface area contributed by atoms with Gasteiger partial charge in [-0.15, -0.1) is 6.58 Å². The van der Waals surface area contributed by atoms with Crippen molar-refractivity contribution in [3.63, 3.8) is 0 Å². The first kappa shape index (κ1) is 21.4. The molecular weight excluding hydrogens is 402 g/mol. The minimum Gasteiger partial charge on any atom is -0.481 e. The zero-order valence-electron chi connectivity index (χ0n) is 16.5. The van der Waals surface area contributed by atoms with Gasteiger partial charge in [-0.05, 0) is 30.7 Å². The Balaban J connectivity index is 1.61. The molecule has 6 N–H and O–H groups in total. The van der Waals surface area contributed by atoms with E-state index in [0.717, 1.165) is 5.69 Å². The fourth-order valence-electron chi connectivity index (χ4n) is 2.77. The summed E-state index contributed by atoms with van der Waals surface area (Å²) < 4.78 is 0. The van der Waals surface area contributed by atoms with Crippen LogP contribution in [0.4, 0.5) is 11.6 Å². The number of nitrogens with zero attached hydrogens (tertiary/aromatic N) is 3. The van der Waals surface area contributed by atoms with Crippen molar-refractivity contribution < 1.29 is 14.7 Å². The number of aliphatic carboxylic acids is 1. The number of benzene rings is 1. The van der Waals surface area contributed by atoms with Crippen LogP contribution in [0.25, 0.3) is 11.2 Å². The summed E-state index contributed by atoms with van der Waals surface area (Å²) in [6, 6.07) is 6.29. The van der Waals surface area contributed by atoms with E-state index in [4.69, 9.17) is 10.8 Å². The fourth-order valence-corrected chi connectivity index (χ4v) is 2.77. The maximum atomic E-state index is 12.3. The van der Waals surface area contributed by atoms with Crippen molar-refractivity contribution >= 4 is 34.7 Å². The van der Waals surface area contributed by atoms with Crippen molar-refractivity contribution in [1.29, 1.82) is 0 Å². The second kappa shape index (κ2) is 9.48. The van der Waals surface area contributed by atoms with Gasteiger partial charge < -0.3 is 21.5 Å². The molecule has 0 saturated carbocycles. The molecule has 0 aliphatic heterocycles. The molecule has 0 bridgehead atoms. The van der Waals surface area contributed by atoms with Crippen LogP contribution in [-0.4, -0.2) is 43.0 Å². The number of carbonyl (C=O) groups excluding carboxylic acids is 1. The van der Waals surface area contributed by atoms with E-state index in [-0.39, 0.29) is 35.9 Å². The van der Waals surface area contributed by atoms with Crippen molar-refractivity contribution in [3.8, 4) is 0 Å². The lowest BCUT2D eigenvalue weighted by molar-refractivity contribution is -0.137. The number of H-pyrrole nitrogens is 1. The fraction of sp³-hybridized carbons (Fsp3) is 0.200. The van der Waals surface area contributed by atoms with Gasteiger partial charge in [0, 0.05) is 23.7 Å². The third-order valence-corrected chi connectivity index (χ3v) is 4.38. The smallest absolute Gasteiger partial charge is 0.303 e. The highest BCUT2D eigenvalue weighted by atomic mass is 16.4. The number of hydrogen-bond acceptors (Lipinski definition) is 8. The average molecular weight is 423 g/mol. The maximum absolute atomic E-state index is 12.3. The Bertz CT molecular complexity index is 1170. The summed E-state index contributed by atoms with van der Waals surface area (Å²) >= 11 is 0. The van der Waals surface area contributed by atoms with Crippen LogP contribution < -0.4 is 21.9 Å². The summed E-state index contributed by atoms with van der Waals surface area (Å²) in [5, 5.41) is 14.6. The number of carbonyl (C=O) groups is 2. The molecule has 31 heavy (non-hydrogen) atoms. The number of nitrogens with two attached hydrogens (primary N) is 1. The lowest BCUT2D eigenvalue weighted by Gasteiger charge is -2.14. The predicted molar refractivity (Wildman–Crippen MR) is 114 cm³/mol. The van der Waals surface area contributed by atoms with Gasteiger partial charge in [0.15, 0.2) is 11.2 Å². The van der Waals surface area contributed by atoms with Crippen LogP contribution in [-0.2, 0) is 11.3 Å². The molecule has 0 spiro atoms. The number of nitrogen functional groups attached to an aromatic ring is 1. The van der Waals surface area contributed by atoms with Crippen LogP contribution in [0.3, 0.4) is 0 Å². The highest BCUT2D eigenvalue weighted by Gasteiger charge is 2.12. The van der Waals surface area contributed by atoms with Crippen LogP contribution in [0.1, 0.15) is 28.9 Å². The van der Waals surface area contributed by atoms with E-state index in [1.54, 1.807) is 24.3 Å². The van der Waals surface area contributed by atoms with Crippen LogP contribution in [0.15, 0.2) is 47.9 Å². The molecule has 11 nitrogen and oxygen atoms in total. The number of aromatic amines is 1. The molecule has 2 aromatic heterocycles. The van der Waals surface area contributed by atoms with Gasteiger partial charge in [-0.1, -0.05) is 6.08 Å². The number of fused-ring (bicyclic) bond motifs is 1. The third-order valence-electron chi connectivity index (χ3n) is 4.38. The van der Waals surface area contributed by atoms with Crippen molar-refractivity contribution in [2.24, 2.45) is 0 Å². The molecule has 3 aromatic rings. The Morgan fingerprint density at radius 1 is 1.26 bits per heavy atom. The van der Waals surface area contributed by atoms with E-state index in [9.17, 15) is 14.4 Å². The average Bonchev–Trinajstić information content (AvgIpc) is 2.75. The van der Waals surface area contributed by atoms with Crippen molar-refractivity contribution in [1.82, 2.24) is 25.3 Å². The molecule has 11 heteroatoms. The Kier molecular flexibility index (Phi) is 6.55. The molecule has 0 unspecified atom stereocenters. The van der Waals surface area contributed by atoms with Crippen molar-refractivity contribution in [2.45, 2.75) is 25.4 Å². The highest BCUT2D eigenvalue weighted by molar-refractivity contribution is 5.94. The SMILES string of the molecule is C=C[C@@H](CCC(=O)O)NC(=O)c1ccc(NCc2cnc3nc(N)[nH]c(=O)c3n2)cc1. The maximum Gasteiger partial charge on any atom is 0.303 e. The van der Waals surface area contributed by atoms with Gasteiger partial charge in [-0.3, -0.25) is 19.4 Å². The standard InChI is InChI=1S/C20H21N7O4/c1-2-12(7-8-15(28)29)25-18(30)11-3-5-13(6-4-11)22-9-14-10-23-17-16(24-14)19(31)27-20(21)26-17/h2-6,10,12,22H,1,7-9H2,(H,25,30)(H,28,29)(H3,21,23,26,27,31)/t12-/m0/s1. The number of amides is 1. The van der Waals surface area contributed by atoms with Gasteiger partial charge in [-0.25, -0.2) is 9.97 Å². The van der Waals surface area contributed by atoms with Crippen LogP contribution in [0.5, 0.6) is 0 Å². The van der Waals surface area contributed by atoms with Gasteiger partial charge in [0.25, 0.3) is 11.5 Å². The summed E-state index contributed by atoms with van der Waals surface area (Å²) in [5.74, 6) is -1.28. The summed E-state index contributed by atoms with van der Waals surface area (Å²) in [6.45, 7) is 3.92. The topological polar surface area (TPSA) is 176 Å². The van der Waals surface area contributed by atoms with Gasteiger partial charge in [0.05, 0.1) is 18.4 Å². The Morgan fingerprint density at radius 2 is 2.00 bits per heavy atom. The summed E-state index contributed by atoms with van der Waals surface area (Å²) in [7, 11) is 0. The Morgan fingerprint density at radius 3 is 2.68 bits per heavy atom. The van der Waals surface area contributed by atoms with Gasteiger partial charge >= 0.3 is 5.97 Å². The van der Waals surface area contributed by atoms with Gasteiger partial charge in [0.2, 0.25) is 5.95 Å². The molecule has 0 aliphatic rings. The van der Waals surface area contributed by atoms with Crippen LogP contribution in [0, 0.1) is 0 Å². The molecule has 0 fully saturated rings. The zero-order chi connectivity index (χ0) is 22.4. The second-order valence-electron chi connectivity index (χ2n) is 6.66. The van der Waals surface area contributed by atoms with Crippen molar-refractivity contribution in [2.75, 3.05) is 11.1 Å². The second-order valence-corrected chi connectivity index (χ2v) is 6.66. The summed E-state index contributed by atoms with van der Waals surface area (Å²) in [4.78, 5) is 49.6. The Hall–Kier alpha value is -4.28. The number of anilines is 2. The number of carboxylic acid groups (broad SMARTS) is 1. The highest BCUT2D eigenvalue weighted by Crippen LogP contribution is 2.12. The Labute approximate surface area is 176 Å². The molecule has 0 saturated heterocycles. The van der Waals surface area contributed by atoms with Crippen molar-refractivity contribution in [3.05, 3.63) is 64.7 Å². The molecular formula is C20H21N7O4. The number of hydrogen-bond donors (Lipinski definition) is 5. The monoisotopic (exact) mass is 423 g/mol. The molecule has 1 amide bonds. The normalized spacial score (nSPS) is 11.6. The van der Waals surface area contributed by atoms with Gasteiger partial charge in [-0.2, -0.15) is 4.98 Å². The third kappa shape index (κ3) is 5.63. The van der Waals surface area contributed by atoms with E-state index < -0.39 is 17.6 Å². The molecule has 160 valence electrons. The van der Waals surface area contributed by atoms with E-state index >= 15 is 0 Å². The zero-order valence-corrected chi connectivity index (χ0v) is 16.5. The molecule has 1 atom stereocenters.